The normalized spacial score (nSPS) is 12.2. The zero-order valence-corrected chi connectivity index (χ0v) is 9.79. The Balaban J connectivity index is 2.77. The minimum absolute atomic E-state index is 0.146. The van der Waals surface area contributed by atoms with Gasteiger partial charge in [-0.15, -0.1) is 0 Å². The van der Waals surface area contributed by atoms with Crippen LogP contribution in [0.5, 0.6) is 5.75 Å². The molecule has 2 nitrogen and oxygen atoms in total. The molecule has 0 fully saturated rings. The minimum atomic E-state index is -0.330. The van der Waals surface area contributed by atoms with Crippen LogP contribution in [0.15, 0.2) is 30.9 Å². The summed E-state index contributed by atoms with van der Waals surface area (Å²) in [6.07, 6.45) is 1.59. The lowest BCUT2D eigenvalue weighted by Gasteiger charge is -2.13. The molecule has 0 amide bonds. The predicted molar refractivity (Wildman–Crippen MR) is 64.2 cm³/mol. The van der Waals surface area contributed by atoms with Crippen molar-refractivity contribution in [1.29, 1.82) is 0 Å². The topological polar surface area (TPSA) is 21.3 Å². The van der Waals surface area contributed by atoms with E-state index in [2.05, 4.69) is 11.9 Å². The maximum Gasteiger partial charge on any atom is 0.165 e. The molecule has 0 spiro atoms. The third kappa shape index (κ3) is 3.35. The third-order valence-corrected chi connectivity index (χ3v) is 2.32. The first-order valence-electron chi connectivity index (χ1n) is 5.45. The Bertz CT molecular complexity index is 352. The van der Waals surface area contributed by atoms with E-state index in [-0.39, 0.29) is 17.6 Å². The lowest BCUT2D eigenvalue weighted by Crippen LogP contribution is -2.17. The summed E-state index contributed by atoms with van der Waals surface area (Å²) in [6.45, 7) is 8.72. The molecule has 0 radical (unpaired) electrons. The van der Waals surface area contributed by atoms with Gasteiger partial charge in [0.15, 0.2) is 11.6 Å². The molecule has 0 saturated heterocycles. The number of rotatable bonds is 6. The molecule has 0 aliphatic carbocycles. The van der Waals surface area contributed by atoms with E-state index >= 15 is 0 Å². The fraction of sp³-hybridized carbons (Fsp3) is 0.385. The standard InChI is InChI=1S/C13H18FNO/c1-4-8-16-13-7-6-11(9-12(13)14)10(3)15-5-2/h4,6-7,9-10,15H,1,5,8H2,2-3H3. The summed E-state index contributed by atoms with van der Waals surface area (Å²) in [5.74, 6) is -0.0588. The van der Waals surface area contributed by atoms with Gasteiger partial charge in [0, 0.05) is 6.04 Å². The molecule has 1 aromatic rings. The van der Waals surface area contributed by atoms with Gasteiger partial charge in [-0.1, -0.05) is 25.6 Å². The van der Waals surface area contributed by atoms with Gasteiger partial charge in [0.25, 0.3) is 0 Å². The monoisotopic (exact) mass is 223 g/mol. The van der Waals surface area contributed by atoms with Gasteiger partial charge in [0.05, 0.1) is 0 Å². The fourth-order valence-corrected chi connectivity index (χ4v) is 1.48. The molecule has 0 saturated carbocycles. The van der Waals surface area contributed by atoms with Crippen LogP contribution < -0.4 is 10.1 Å². The van der Waals surface area contributed by atoms with Gasteiger partial charge >= 0.3 is 0 Å². The van der Waals surface area contributed by atoms with Crippen molar-refractivity contribution in [2.75, 3.05) is 13.2 Å². The predicted octanol–water partition coefficient (Wildman–Crippen LogP) is 3.06. The maximum absolute atomic E-state index is 13.6. The van der Waals surface area contributed by atoms with E-state index in [1.54, 1.807) is 12.1 Å². The van der Waals surface area contributed by atoms with Gasteiger partial charge in [0.1, 0.15) is 6.61 Å². The molecule has 0 bridgehead atoms. The lowest BCUT2D eigenvalue weighted by molar-refractivity contribution is 0.341. The smallest absolute Gasteiger partial charge is 0.165 e. The average molecular weight is 223 g/mol. The van der Waals surface area contributed by atoms with Crippen LogP contribution in [0.4, 0.5) is 4.39 Å². The molecule has 88 valence electrons. The number of hydrogen-bond acceptors (Lipinski definition) is 2. The molecule has 3 heteroatoms. The van der Waals surface area contributed by atoms with Gasteiger partial charge in [-0.3, -0.25) is 0 Å². The Morgan fingerprint density at radius 1 is 1.56 bits per heavy atom. The highest BCUT2D eigenvalue weighted by atomic mass is 19.1. The van der Waals surface area contributed by atoms with Crippen molar-refractivity contribution in [3.8, 4) is 5.75 Å². The highest BCUT2D eigenvalue weighted by molar-refractivity contribution is 5.31. The second-order valence-electron chi connectivity index (χ2n) is 3.57. The highest BCUT2D eigenvalue weighted by Crippen LogP contribution is 2.21. The summed E-state index contributed by atoms with van der Waals surface area (Å²) in [6, 6.07) is 5.18. The first-order chi connectivity index (χ1) is 7.69. The van der Waals surface area contributed by atoms with Gasteiger partial charge in [-0.05, 0) is 31.2 Å². The summed E-state index contributed by atoms with van der Waals surface area (Å²) in [5, 5.41) is 3.23. The maximum atomic E-state index is 13.6. The number of hydrogen-bond donors (Lipinski definition) is 1. The molecule has 16 heavy (non-hydrogen) atoms. The molecule has 0 aliphatic rings. The van der Waals surface area contributed by atoms with Crippen LogP contribution in [0.2, 0.25) is 0 Å². The summed E-state index contributed by atoms with van der Waals surface area (Å²) in [5.41, 5.74) is 0.922. The Labute approximate surface area is 96.1 Å². The summed E-state index contributed by atoms with van der Waals surface area (Å²) in [4.78, 5) is 0. The van der Waals surface area contributed by atoms with Crippen molar-refractivity contribution in [2.45, 2.75) is 19.9 Å². The minimum Gasteiger partial charge on any atom is -0.486 e. The van der Waals surface area contributed by atoms with Crippen LogP contribution in [0, 0.1) is 5.82 Å². The molecular weight excluding hydrogens is 205 g/mol. The molecule has 1 aromatic carbocycles. The fourth-order valence-electron chi connectivity index (χ4n) is 1.48. The van der Waals surface area contributed by atoms with Crippen molar-refractivity contribution in [1.82, 2.24) is 5.32 Å². The van der Waals surface area contributed by atoms with Crippen molar-refractivity contribution in [3.63, 3.8) is 0 Å². The second-order valence-corrected chi connectivity index (χ2v) is 3.57. The van der Waals surface area contributed by atoms with Crippen LogP contribution >= 0.6 is 0 Å². The Morgan fingerprint density at radius 3 is 2.88 bits per heavy atom. The third-order valence-electron chi connectivity index (χ3n) is 2.32. The van der Waals surface area contributed by atoms with E-state index in [4.69, 9.17) is 4.74 Å². The number of nitrogens with one attached hydrogen (secondary N) is 1. The zero-order valence-electron chi connectivity index (χ0n) is 9.79. The van der Waals surface area contributed by atoms with E-state index in [0.717, 1.165) is 12.1 Å². The van der Waals surface area contributed by atoms with Gasteiger partial charge in [0.2, 0.25) is 0 Å². The van der Waals surface area contributed by atoms with Crippen molar-refractivity contribution in [2.24, 2.45) is 0 Å². The molecule has 0 heterocycles. The summed E-state index contributed by atoms with van der Waals surface area (Å²) < 4.78 is 18.8. The zero-order chi connectivity index (χ0) is 12.0. The van der Waals surface area contributed by atoms with Gasteiger partial charge in [-0.2, -0.15) is 0 Å². The molecule has 1 atom stereocenters. The lowest BCUT2D eigenvalue weighted by atomic mass is 10.1. The highest BCUT2D eigenvalue weighted by Gasteiger charge is 2.08. The molecule has 1 N–H and O–H groups in total. The van der Waals surface area contributed by atoms with E-state index in [9.17, 15) is 4.39 Å². The first-order valence-corrected chi connectivity index (χ1v) is 5.45. The Morgan fingerprint density at radius 2 is 2.31 bits per heavy atom. The molecule has 0 aromatic heterocycles. The SMILES string of the molecule is C=CCOc1ccc(C(C)NCC)cc1F. The molecule has 0 aliphatic heterocycles. The number of benzene rings is 1. The van der Waals surface area contributed by atoms with E-state index < -0.39 is 0 Å². The van der Waals surface area contributed by atoms with Crippen LogP contribution in [0.3, 0.4) is 0 Å². The van der Waals surface area contributed by atoms with Crippen molar-refractivity contribution < 1.29 is 9.13 Å². The van der Waals surface area contributed by atoms with Gasteiger partial charge < -0.3 is 10.1 Å². The first kappa shape index (κ1) is 12.7. The van der Waals surface area contributed by atoms with Gasteiger partial charge in [-0.25, -0.2) is 4.39 Å². The molecule has 1 unspecified atom stereocenters. The van der Waals surface area contributed by atoms with E-state index in [1.807, 2.05) is 19.9 Å². The van der Waals surface area contributed by atoms with Crippen LogP contribution in [0.25, 0.3) is 0 Å². The number of halogens is 1. The second kappa shape index (κ2) is 6.28. The Hall–Kier alpha value is -1.35. The average Bonchev–Trinajstić information content (AvgIpc) is 2.27. The quantitative estimate of drug-likeness (QED) is 0.748. The van der Waals surface area contributed by atoms with Crippen molar-refractivity contribution >= 4 is 0 Å². The summed E-state index contributed by atoms with van der Waals surface area (Å²) >= 11 is 0. The Kier molecular flexibility index (Phi) is 4.99. The van der Waals surface area contributed by atoms with Crippen LogP contribution in [-0.4, -0.2) is 13.2 Å². The van der Waals surface area contributed by atoms with E-state index in [1.165, 1.54) is 6.07 Å². The van der Waals surface area contributed by atoms with Crippen molar-refractivity contribution in [3.05, 3.63) is 42.2 Å². The largest absolute Gasteiger partial charge is 0.486 e. The summed E-state index contributed by atoms with van der Waals surface area (Å²) in [7, 11) is 0. The van der Waals surface area contributed by atoms with Crippen LogP contribution in [0.1, 0.15) is 25.5 Å². The number of ether oxygens (including phenoxy) is 1. The van der Waals surface area contributed by atoms with E-state index in [0.29, 0.717) is 6.61 Å². The molecule has 1 rings (SSSR count). The molecular formula is C13H18FNO. The van der Waals surface area contributed by atoms with Crippen LogP contribution in [-0.2, 0) is 0 Å².